The number of hydrogen-bond acceptors (Lipinski definition) is 5. The van der Waals surface area contributed by atoms with Crippen molar-refractivity contribution in [3.8, 4) is 5.75 Å². The summed E-state index contributed by atoms with van der Waals surface area (Å²) < 4.78 is 11.0. The second kappa shape index (κ2) is 6.76. The lowest BCUT2D eigenvalue weighted by atomic mass is 10.0. The molecule has 0 N–H and O–H groups in total. The van der Waals surface area contributed by atoms with Gasteiger partial charge in [-0.1, -0.05) is 35.5 Å². The Morgan fingerprint density at radius 2 is 1.96 bits per heavy atom. The van der Waals surface area contributed by atoms with Crippen LogP contribution in [0.4, 0.5) is 5.69 Å². The predicted octanol–water partition coefficient (Wildman–Crippen LogP) is 5.00. The van der Waals surface area contributed by atoms with Crippen LogP contribution in [0, 0.1) is 17.0 Å². The third kappa shape index (κ3) is 3.38. The highest BCUT2D eigenvalue weighted by Gasteiger charge is 2.22. The molecule has 3 aromatic rings. The number of rotatable bonds is 5. The van der Waals surface area contributed by atoms with Crippen LogP contribution < -0.4 is 4.74 Å². The Labute approximate surface area is 144 Å². The van der Waals surface area contributed by atoms with Gasteiger partial charge in [-0.15, -0.1) is 0 Å². The van der Waals surface area contributed by atoms with Gasteiger partial charge >= 0.3 is 5.69 Å². The first-order chi connectivity index (χ1) is 12.0. The van der Waals surface area contributed by atoms with Crippen LogP contribution in [0.15, 0.2) is 40.9 Å². The lowest BCUT2D eigenvalue weighted by Gasteiger charge is -2.14. The van der Waals surface area contributed by atoms with Gasteiger partial charge in [-0.25, -0.2) is 0 Å². The van der Waals surface area contributed by atoms with Crippen LogP contribution in [0.25, 0.3) is 22.9 Å². The highest BCUT2D eigenvalue weighted by molar-refractivity contribution is 5.95. The molecule has 2 aromatic carbocycles. The Kier molecular flexibility index (Phi) is 4.52. The highest BCUT2D eigenvalue weighted by atomic mass is 16.6. The molecule has 6 heteroatoms. The molecule has 0 radical (unpaired) electrons. The van der Waals surface area contributed by atoms with E-state index < -0.39 is 4.92 Å². The molecule has 128 valence electrons. The number of benzene rings is 2. The minimum absolute atomic E-state index is 0.00942. The van der Waals surface area contributed by atoms with E-state index in [1.165, 1.54) is 0 Å². The molecule has 0 saturated heterocycles. The van der Waals surface area contributed by atoms with Gasteiger partial charge in [-0.05, 0) is 49.8 Å². The first-order valence-electron chi connectivity index (χ1n) is 7.94. The van der Waals surface area contributed by atoms with Crippen molar-refractivity contribution in [3.63, 3.8) is 0 Å². The monoisotopic (exact) mass is 338 g/mol. The van der Waals surface area contributed by atoms with Crippen LogP contribution in [0.5, 0.6) is 5.75 Å². The van der Waals surface area contributed by atoms with E-state index in [4.69, 9.17) is 9.26 Å². The fourth-order valence-corrected chi connectivity index (χ4v) is 2.68. The van der Waals surface area contributed by atoms with Crippen molar-refractivity contribution in [1.82, 2.24) is 5.16 Å². The van der Waals surface area contributed by atoms with Gasteiger partial charge in [0.25, 0.3) is 0 Å². The molecule has 0 atom stereocenters. The predicted molar refractivity (Wildman–Crippen MR) is 96.5 cm³/mol. The van der Waals surface area contributed by atoms with Crippen LogP contribution in [-0.2, 0) is 0 Å². The Morgan fingerprint density at radius 1 is 1.20 bits per heavy atom. The van der Waals surface area contributed by atoms with E-state index in [2.05, 4.69) is 5.16 Å². The fourth-order valence-electron chi connectivity index (χ4n) is 2.68. The van der Waals surface area contributed by atoms with Crippen molar-refractivity contribution in [2.45, 2.75) is 26.9 Å². The fraction of sp³-hybridized carbons (Fsp3) is 0.211. The number of hydrogen-bond donors (Lipinski definition) is 0. The summed E-state index contributed by atoms with van der Waals surface area (Å²) in [7, 11) is 0. The maximum atomic E-state index is 11.2. The van der Waals surface area contributed by atoms with Crippen molar-refractivity contribution < 1.29 is 14.2 Å². The normalized spacial score (nSPS) is 11.5. The van der Waals surface area contributed by atoms with Gasteiger partial charge in [0.1, 0.15) is 5.75 Å². The average molecular weight is 338 g/mol. The van der Waals surface area contributed by atoms with E-state index in [1.54, 1.807) is 19.1 Å². The van der Waals surface area contributed by atoms with E-state index in [-0.39, 0.29) is 23.2 Å². The molecule has 1 heterocycles. The minimum Gasteiger partial charge on any atom is -0.490 e. The average Bonchev–Trinajstić information content (AvgIpc) is 2.94. The van der Waals surface area contributed by atoms with Crippen LogP contribution in [0.1, 0.15) is 30.9 Å². The Balaban J connectivity index is 2.12. The molecule has 0 amide bonds. The Morgan fingerprint density at radius 3 is 2.68 bits per heavy atom. The van der Waals surface area contributed by atoms with E-state index in [0.29, 0.717) is 5.75 Å². The van der Waals surface area contributed by atoms with Crippen molar-refractivity contribution in [3.05, 3.63) is 63.5 Å². The topological polar surface area (TPSA) is 78.4 Å². The summed E-state index contributed by atoms with van der Waals surface area (Å²) in [6.07, 6.45) is 3.34. The lowest BCUT2D eigenvalue weighted by Crippen LogP contribution is -2.06. The summed E-state index contributed by atoms with van der Waals surface area (Å²) in [5.74, 6) is 0.828. The Bertz CT molecular complexity index is 957. The molecule has 0 aliphatic rings. The van der Waals surface area contributed by atoms with Gasteiger partial charge in [0.2, 0.25) is 5.76 Å². The zero-order chi connectivity index (χ0) is 18.0. The first kappa shape index (κ1) is 16.7. The summed E-state index contributed by atoms with van der Waals surface area (Å²) >= 11 is 0. The molecule has 0 bridgehead atoms. The molecule has 25 heavy (non-hydrogen) atoms. The second-order valence-electron chi connectivity index (χ2n) is 5.94. The standard InChI is InChI=1S/C19H18N2O4/c1-12(2)24-17-10-8-14-6-4-5-7-15(14)16(17)9-11-18-19(21(22)23)13(3)20-25-18/h4-12H,1-3H3/b11-9-. The smallest absolute Gasteiger partial charge is 0.338 e. The summed E-state index contributed by atoms with van der Waals surface area (Å²) in [5, 5.41) is 16.9. The summed E-state index contributed by atoms with van der Waals surface area (Å²) in [6.45, 7) is 5.45. The third-order valence-electron chi connectivity index (χ3n) is 3.73. The molecular weight excluding hydrogens is 320 g/mol. The SMILES string of the molecule is Cc1noc(/C=C\c2c(OC(C)C)ccc3ccccc23)c1[N+](=O)[O-]. The van der Waals surface area contributed by atoms with E-state index in [9.17, 15) is 10.1 Å². The number of aryl methyl sites for hydroxylation is 1. The van der Waals surface area contributed by atoms with Gasteiger partial charge in [-0.3, -0.25) is 10.1 Å². The van der Waals surface area contributed by atoms with Crippen molar-refractivity contribution >= 4 is 28.6 Å². The molecule has 0 aliphatic heterocycles. The molecule has 0 fully saturated rings. The molecule has 0 aliphatic carbocycles. The lowest BCUT2D eigenvalue weighted by molar-refractivity contribution is -0.386. The number of nitrogens with zero attached hydrogens (tertiary/aromatic N) is 2. The summed E-state index contributed by atoms with van der Waals surface area (Å²) in [5.41, 5.74) is 0.971. The second-order valence-corrected chi connectivity index (χ2v) is 5.94. The van der Waals surface area contributed by atoms with E-state index in [0.717, 1.165) is 16.3 Å². The Hall–Kier alpha value is -3.15. The van der Waals surface area contributed by atoms with Gasteiger partial charge in [0, 0.05) is 5.56 Å². The molecule has 1 aromatic heterocycles. The van der Waals surface area contributed by atoms with E-state index >= 15 is 0 Å². The number of aromatic nitrogens is 1. The van der Waals surface area contributed by atoms with Crippen LogP contribution >= 0.6 is 0 Å². The maximum Gasteiger partial charge on any atom is 0.338 e. The molecule has 0 unspecified atom stereocenters. The van der Waals surface area contributed by atoms with Crippen molar-refractivity contribution in [1.29, 1.82) is 0 Å². The molecule has 3 rings (SSSR count). The number of nitro groups is 1. The van der Waals surface area contributed by atoms with Gasteiger partial charge in [-0.2, -0.15) is 0 Å². The van der Waals surface area contributed by atoms with E-state index in [1.807, 2.05) is 50.2 Å². The molecule has 0 saturated carbocycles. The van der Waals surface area contributed by atoms with Crippen LogP contribution in [-0.4, -0.2) is 16.2 Å². The van der Waals surface area contributed by atoms with Gasteiger partial charge in [0.15, 0.2) is 5.69 Å². The van der Waals surface area contributed by atoms with Crippen molar-refractivity contribution in [2.24, 2.45) is 0 Å². The molecule has 0 spiro atoms. The summed E-state index contributed by atoms with van der Waals surface area (Å²) in [6, 6.07) is 11.8. The van der Waals surface area contributed by atoms with Crippen LogP contribution in [0.3, 0.4) is 0 Å². The summed E-state index contributed by atoms with van der Waals surface area (Å²) in [4.78, 5) is 10.7. The zero-order valence-electron chi connectivity index (χ0n) is 14.2. The minimum atomic E-state index is -0.486. The number of fused-ring (bicyclic) bond motifs is 1. The highest BCUT2D eigenvalue weighted by Crippen LogP contribution is 2.32. The quantitative estimate of drug-likeness (QED) is 0.483. The first-order valence-corrected chi connectivity index (χ1v) is 7.94. The largest absolute Gasteiger partial charge is 0.490 e. The van der Waals surface area contributed by atoms with Crippen LogP contribution in [0.2, 0.25) is 0 Å². The van der Waals surface area contributed by atoms with Crippen molar-refractivity contribution in [2.75, 3.05) is 0 Å². The third-order valence-corrected chi connectivity index (χ3v) is 3.73. The maximum absolute atomic E-state index is 11.2. The van der Waals surface area contributed by atoms with Gasteiger partial charge < -0.3 is 9.26 Å². The molecular formula is C19H18N2O4. The number of ether oxygens (including phenoxy) is 1. The zero-order valence-corrected chi connectivity index (χ0v) is 14.2. The van der Waals surface area contributed by atoms with Gasteiger partial charge in [0.05, 0.1) is 11.0 Å². The molecule has 6 nitrogen and oxygen atoms in total.